The van der Waals surface area contributed by atoms with E-state index < -0.39 is 0 Å². The molecule has 0 aliphatic rings. The van der Waals surface area contributed by atoms with Crippen LogP contribution in [0.1, 0.15) is 19.5 Å². The molecule has 106 valence electrons. The highest BCUT2D eigenvalue weighted by Gasteiger charge is 2.13. The van der Waals surface area contributed by atoms with Crippen molar-refractivity contribution in [3.63, 3.8) is 0 Å². The lowest BCUT2D eigenvalue weighted by Crippen LogP contribution is -2.27. The second kappa shape index (κ2) is 6.67. The largest absolute Gasteiger partial charge is 0.364 e. The van der Waals surface area contributed by atoms with Gasteiger partial charge >= 0.3 is 0 Å². The third-order valence-corrected chi connectivity index (χ3v) is 3.76. The number of nitrogens with one attached hydrogen (secondary N) is 1. The van der Waals surface area contributed by atoms with Gasteiger partial charge in [0.25, 0.3) is 0 Å². The molecule has 1 N–H and O–H groups in total. The average molecular weight is 311 g/mol. The van der Waals surface area contributed by atoms with E-state index in [1.54, 1.807) is 17.9 Å². The van der Waals surface area contributed by atoms with Crippen LogP contribution in [0.5, 0.6) is 0 Å². The molecule has 5 nitrogen and oxygen atoms in total. The van der Waals surface area contributed by atoms with Crippen LogP contribution in [0.2, 0.25) is 5.15 Å². The SMILES string of the molecule is CCN(C(C)=O)c1nc(CNc2cccc(Cl)n2)cs1. The Morgan fingerprint density at radius 2 is 2.25 bits per heavy atom. The summed E-state index contributed by atoms with van der Waals surface area (Å²) in [7, 11) is 0. The fraction of sp³-hybridized carbons (Fsp3) is 0.308. The van der Waals surface area contributed by atoms with E-state index in [4.69, 9.17) is 11.6 Å². The zero-order chi connectivity index (χ0) is 14.5. The molecule has 2 aromatic heterocycles. The van der Waals surface area contributed by atoms with Gasteiger partial charge in [0, 0.05) is 18.8 Å². The number of nitrogens with zero attached hydrogens (tertiary/aromatic N) is 3. The Balaban J connectivity index is 2.01. The lowest BCUT2D eigenvalue weighted by Gasteiger charge is -2.14. The summed E-state index contributed by atoms with van der Waals surface area (Å²) >= 11 is 7.27. The van der Waals surface area contributed by atoms with Crippen molar-refractivity contribution in [2.45, 2.75) is 20.4 Å². The number of carbonyl (C=O) groups excluding carboxylic acids is 1. The first-order valence-electron chi connectivity index (χ1n) is 6.19. The molecule has 0 spiro atoms. The first-order valence-corrected chi connectivity index (χ1v) is 7.45. The predicted octanol–water partition coefficient (Wildman–Crippen LogP) is 3.18. The molecule has 0 unspecified atom stereocenters. The molecule has 2 aromatic rings. The Kier molecular flexibility index (Phi) is 4.92. The third kappa shape index (κ3) is 3.68. The summed E-state index contributed by atoms with van der Waals surface area (Å²) in [6, 6.07) is 5.39. The fourth-order valence-corrected chi connectivity index (χ4v) is 2.78. The van der Waals surface area contributed by atoms with E-state index >= 15 is 0 Å². The van der Waals surface area contributed by atoms with Crippen molar-refractivity contribution in [3.8, 4) is 0 Å². The lowest BCUT2D eigenvalue weighted by atomic mass is 10.4. The molecule has 0 aliphatic heterocycles. The van der Waals surface area contributed by atoms with E-state index in [-0.39, 0.29) is 5.91 Å². The molecule has 0 aliphatic carbocycles. The molecule has 2 rings (SSSR count). The van der Waals surface area contributed by atoms with E-state index in [0.717, 1.165) is 10.8 Å². The van der Waals surface area contributed by atoms with Crippen molar-refractivity contribution in [3.05, 3.63) is 34.4 Å². The minimum atomic E-state index is -0.00197. The van der Waals surface area contributed by atoms with Gasteiger partial charge in [0.05, 0.1) is 12.2 Å². The fourth-order valence-electron chi connectivity index (χ4n) is 1.68. The minimum absolute atomic E-state index is 0.00197. The number of rotatable bonds is 5. The van der Waals surface area contributed by atoms with Crippen molar-refractivity contribution in [2.75, 3.05) is 16.8 Å². The van der Waals surface area contributed by atoms with Gasteiger partial charge in [-0.25, -0.2) is 9.97 Å². The Hall–Kier alpha value is -1.66. The highest BCUT2D eigenvalue weighted by molar-refractivity contribution is 7.14. The van der Waals surface area contributed by atoms with Gasteiger partial charge in [0.15, 0.2) is 5.13 Å². The maximum atomic E-state index is 11.5. The van der Waals surface area contributed by atoms with E-state index in [1.165, 1.54) is 11.3 Å². The first kappa shape index (κ1) is 14.7. The summed E-state index contributed by atoms with van der Waals surface area (Å²) in [5, 5.41) is 6.24. The highest BCUT2D eigenvalue weighted by Crippen LogP contribution is 2.21. The van der Waals surface area contributed by atoms with Crippen molar-refractivity contribution in [1.29, 1.82) is 0 Å². The van der Waals surface area contributed by atoms with Crippen LogP contribution >= 0.6 is 22.9 Å². The van der Waals surface area contributed by atoms with Crippen molar-refractivity contribution in [2.24, 2.45) is 0 Å². The molecule has 0 aromatic carbocycles. The van der Waals surface area contributed by atoms with Crippen LogP contribution in [-0.2, 0) is 11.3 Å². The van der Waals surface area contributed by atoms with Gasteiger partial charge in [-0.05, 0) is 19.1 Å². The summed E-state index contributed by atoms with van der Waals surface area (Å²) < 4.78 is 0. The van der Waals surface area contributed by atoms with E-state index in [0.29, 0.717) is 24.1 Å². The van der Waals surface area contributed by atoms with E-state index in [9.17, 15) is 4.79 Å². The van der Waals surface area contributed by atoms with Crippen LogP contribution in [0.15, 0.2) is 23.6 Å². The number of pyridine rings is 1. The Bertz CT molecular complexity index is 602. The Morgan fingerprint density at radius 1 is 1.45 bits per heavy atom. The molecule has 0 radical (unpaired) electrons. The first-order chi connectivity index (χ1) is 9.60. The van der Waals surface area contributed by atoms with Crippen molar-refractivity contribution in [1.82, 2.24) is 9.97 Å². The molecule has 0 saturated carbocycles. The van der Waals surface area contributed by atoms with Crippen LogP contribution in [-0.4, -0.2) is 22.4 Å². The number of hydrogen-bond donors (Lipinski definition) is 1. The molecule has 0 atom stereocenters. The summed E-state index contributed by atoms with van der Waals surface area (Å²) in [5.41, 5.74) is 0.867. The van der Waals surface area contributed by atoms with E-state index in [2.05, 4.69) is 15.3 Å². The van der Waals surface area contributed by atoms with Gasteiger partial charge in [-0.15, -0.1) is 11.3 Å². The number of aromatic nitrogens is 2. The van der Waals surface area contributed by atoms with Crippen molar-refractivity contribution < 1.29 is 4.79 Å². The van der Waals surface area contributed by atoms with Gasteiger partial charge in [-0.2, -0.15) is 0 Å². The summed E-state index contributed by atoms with van der Waals surface area (Å²) in [5.74, 6) is 0.698. The molecule has 7 heteroatoms. The number of amides is 1. The van der Waals surface area contributed by atoms with Gasteiger partial charge in [0.2, 0.25) is 5.91 Å². The normalized spacial score (nSPS) is 10.3. The maximum Gasteiger partial charge on any atom is 0.225 e. The van der Waals surface area contributed by atoms with E-state index in [1.807, 2.05) is 24.4 Å². The molecule has 2 heterocycles. The molecule has 0 saturated heterocycles. The number of halogens is 1. The highest BCUT2D eigenvalue weighted by atomic mass is 35.5. The molecule has 20 heavy (non-hydrogen) atoms. The molecule has 1 amide bonds. The second-order valence-corrected chi connectivity index (χ2v) is 5.31. The van der Waals surface area contributed by atoms with Crippen LogP contribution in [0.4, 0.5) is 10.9 Å². The molecular formula is C13H15ClN4OS. The smallest absolute Gasteiger partial charge is 0.225 e. The van der Waals surface area contributed by atoms with Crippen LogP contribution in [0.25, 0.3) is 0 Å². The second-order valence-electron chi connectivity index (χ2n) is 4.08. The number of anilines is 2. The predicted molar refractivity (Wildman–Crippen MR) is 82.4 cm³/mol. The molecule has 0 fully saturated rings. The van der Waals surface area contributed by atoms with Gasteiger partial charge in [0.1, 0.15) is 11.0 Å². The van der Waals surface area contributed by atoms with Gasteiger partial charge in [-0.1, -0.05) is 17.7 Å². The van der Waals surface area contributed by atoms with Gasteiger partial charge < -0.3 is 5.32 Å². The van der Waals surface area contributed by atoms with Crippen molar-refractivity contribution >= 4 is 39.8 Å². The number of hydrogen-bond acceptors (Lipinski definition) is 5. The van der Waals surface area contributed by atoms with Gasteiger partial charge in [-0.3, -0.25) is 9.69 Å². The zero-order valence-corrected chi connectivity index (χ0v) is 12.8. The summed E-state index contributed by atoms with van der Waals surface area (Å²) in [4.78, 5) is 21.7. The maximum absolute atomic E-state index is 11.5. The minimum Gasteiger partial charge on any atom is -0.364 e. The van der Waals surface area contributed by atoms with Crippen LogP contribution in [0.3, 0.4) is 0 Å². The van der Waals surface area contributed by atoms with Crippen LogP contribution < -0.4 is 10.2 Å². The lowest BCUT2D eigenvalue weighted by molar-refractivity contribution is -0.116. The zero-order valence-electron chi connectivity index (χ0n) is 11.3. The number of carbonyl (C=O) groups is 1. The third-order valence-electron chi connectivity index (χ3n) is 2.63. The monoisotopic (exact) mass is 310 g/mol. The number of thiazole rings is 1. The molecular weight excluding hydrogens is 296 g/mol. The summed E-state index contributed by atoms with van der Waals surface area (Å²) in [6.45, 7) is 4.63. The average Bonchev–Trinajstić information content (AvgIpc) is 2.85. The van der Waals surface area contributed by atoms with Crippen LogP contribution in [0, 0.1) is 0 Å². The quantitative estimate of drug-likeness (QED) is 0.862. The Morgan fingerprint density at radius 3 is 2.90 bits per heavy atom. The molecule has 0 bridgehead atoms. The topological polar surface area (TPSA) is 58.1 Å². The standard InChI is InChI=1S/C13H15ClN4OS/c1-3-18(9(2)19)13-16-10(8-20-13)7-15-12-6-4-5-11(14)17-12/h4-6,8H,3,7H2,1-2H3,(H,15,17). The Labute approximate surface area is 126 Å². The summed E-state index contributed by atoms with van der Waals surface area (Å²) in [6.07, 6.45) is 0.